The largest absolute Gasteiger partial charge is 0.494 e. The van der Waals surface area contributed by atoms with Gasteiger partial charge in [0.2, 0.25) is 0 Å². The van der Waals surface area contributed by atoms with Crippen molar-refractivity contribution in [1.82, 2.24) is 9.55 Å². The number of anilines is 2. The SMILES string of the molecule is CCCCn1c(N)c(N(CCOC)C(=O)/C=C/c2ccc(OC)c(F)c2)c(=O)[nH]c1=O. The van der Waals surface area contributed by atoms with Crippen molar-refractivity contribution in [2.75, 3.05) is 38.0 Å². The highest BCUT2D eigenvalue weighted by atomic mass is 19.1. The van der Waals surface area contributed by atoms with Crippen molar-refractivity contribution < 1.29 is 18.7 Å². The quantitative estimate of drug-likeness (QED) is 0.550. The van der Waals surface area contributed by atoms with Gasteiger partial charge in [-0.2, -0.15) is 0 Å². The third-order valence-electron chi connectivity index (χ3n) is 4.60. The number of halogens is 1. The first kappa shape index (κ1) is 23.9. The topological polar surface area (TPSA) is 120 Å². The molecule has 0 bridgehead atoms. The Morgan fingerprint density at radius 3 is 2.68 bits per heavy atom. The Morgan fingerprint density at radius 2 is 2.06 bits per heavy atom. The molecule has 1 aromatic heterocycles. The zero-order chi connectivity index (χ0) is 23.0. The average Bonchev–Trinajstić information content (AvgIpc) is 2.74. The van der Waals surface area contributed by atoms with Crippen molar-refractivity contribution in [1.29, 1.82) is 0 Å². The molecule has 0 saturated carbocycles. The molecule has 9 nitrogen and oxygen atoms in total. The highest BCUT2D eigenvalue weighted by Gasteiger charge is 2.22. The summed E-state index contributed by atoms with van der Waals surface area (Å²) in [6, 6.07) is 4.24. The molecule has 0 radical (unpaired) electrons. The molecule has 1 heterocycles. The normalized spacial score (nSPS) is 11.1. The summed E-state index contributed by atoms with van der Waals surface area (Å²) in [7, 11) is 2.81. The molecule has 2 rings (SSSR count). The number of methoxy groups -OCH3 is 2. The van der Waals surface area contributed by atoms with Crippen molar-refractivity contribution in [3.05, 3.63) is 56.5 Å². The summed E-state index contributed by atoms with van der Waals surface area (Å²) >= 11 is 0. The molecule has 0 fully saturated rings. The van der Waals surface area contributed by atoms with Crippen molar-refractivity contribution in [3.8, 4) is 5.75 Å². The predicted molar refractivity (Wildman–Crippen MR) is 117 cm³/mol. The highest BCUT2D eigenvalue weighted by molar-refractivity contribution is 6.05. The number of benzene rings is 1. The summed E-state index contributed by atoms with van der Waals surface area (Å²) in [6.45, 7) is 2.41. The van der Waals surface area contributed by atoms with Crippen molar-refractivity contribution in [2.45, 2.75) is 26.3 Å². The molecule has 0 saturated heterocycles. The molecule has 0 unspecified atom stereocenters. The van der Waals surface area contributed by atoms with Crippen LogP contribution in [-0.4, -0.2) is 42.8 Å². The average molecular weight is 434 g/mol. The van der Waals surface area contributed by atoms with Crippen LogP contribution in [0, 0.1) is 5.82 Å². The fourth-order valence-electron chi connectivity index (χ4n) is 2.93. The van der Waals surface area contributed by atoms with Crippen LogP contribution in [0.25, 0.3) is 6.08 Å². The molecule has 1 amide bonds. The number of ether oxygens (including phenoxy) is 2. The molecule has 0 aliphatic carbocycles. The van der Waals surface area contributed by atoms with Gasteiger partial charge in [0, 0.05) is 26.3 Å². The Hall–Kier alpha value is -3.40. The number of carbonyl (C=O) groups excluding carboxylic acids is 1. The number of hydrogen-bond acceptors (Lipinski definition) is 6. The second-order valence-electron chi connectivity index (χ2n) is 6.71. The molecule has 3 N–H and O–H groups in total. The van der Waals surface area contributed by atoms with Gasteiger partial charge in [-0.05, 0) is 30.2 Å². The fourth-order valence-corrected chi connectivity index (χ4v) is 2.93. The molecule has 0 aliphatic rings. The van der Waals surface area contributed by atoms with Crippen LogP contribution in [0.5, 0.6) is 5.75 Å². The number of aromatic amines is 1. The minimum absolute atomic E-state index is 0.0237. The number of nitrogen functional groups attached to an aromatic ring is 1. The summed E-state index contributed by atoms with van der Waals surface area (Å²) in [4.78, 5) is 40.9. The van der Waals surface area contributed by atoms with Crippen LogP contribution < -0.4 is 26.6 Å². The van der Waals surface area contributed by atoms with Crippen LogP contribution in [-0.2, 0) is 16.1 Å². The molecule has 31 heavy (non-hydrogen) atoms. The van der Waals surface area contributed by atoms with Crippen molar-refractivity contribution in [2.24, 2.45) is 0 Å². The van der Waals surface area contributed by atoms with E-state index in [4.69, 9.17) is 15.2 Å². The first-order chi connectivity index (χ1) is 14.8. The van der Waals surface area contributed by atoms with Crippen LogP contribution in [0.3, 0.4) is 0 Å². The smallest absolute Gasteiger partial charge is 0.330 e. The summed E-state index contributed by atoms with van der Waals surface area (Å²) in [6.07, 6.45) is 4.08. The van der Waals surface area contributed by atoms with E-state index in [2.05, 4.69) is 4.98 Å². The molecule has 1 aromatic carbocycles. The minimum atomic E-state index is -0.774. The number of amides is 1. The predicted octanol–water partition coefficient (Wildman–Crippen LogP) is 1.76. The van der Waals surface area contributed by atoms with Gasteiger partial charge < -0.3 is 15.2 Å². The van der Waals surface area contributed by atoms with E-state index in [1.807, 2.05) is 6.92 Å². The number of unbranched alkanes of at least 4 members (excludes halogenated alkanes) is 1. The summed E-state index contributed by atoms with van der Waals surface area (Å²) in [5.74, 6) is -1.17. The van der Waals surface area contributed by atoms with Crippen LogP contribution in [0.2, 0.25) is 0 Å². The van der Waals surface area contributed by atoms with E-state index in [0.717, 1.165) is 11.3 Å². The molecule has 10 heteroatoms. The maximum Gasteiger partial charge on any atom is 0.330 e. The minimum Gasteiger partial charge on any atom is -0.494 e. The molecular weight excluding hydrogens is 407 g/mol. The number of aromatic nitrogens is 2. The number of carbonyl (C=O) groups is 1. The lowest BCUT2D eigenvalue weighted by Gasteiger charge is -2.23. The molecule has 0 aliphatic heterocycles. The Labute approximate surface area is 178 Å². The van der Waals surface area contributed by atoms with E-state index in [1.54, 1.807) is 6.07 Å². The van der Waals surface area contributed by atoms with Gasteiger partial charge in [0.05, 0.1) is 13.7 Å². The lowest BCUT2D eigenvalue weighted by atomic mass is 10.2. The van der Waals surface area contributed by atoms with Crippen molar-refractivity contribution >= 4 is 23.5 Å². The van der Waals surface area contributed by atoms with Gasteiger partial charge in [-0.25, -0.2) is 9.18 Å². The Bertz CT molecular complexity index is 1060. The number of nitrogens with one attached hydrogen (secondary N) is 1. The van der Waals surface area contributed by atoms with Crippen LogP contribution in [0.4, 0.5) is 15.9 Å². The maximum absolute atomic E-state index is 13.9. The molecule has 0 spiro atoms. The second kappa shape index (κ2) is 11.1. The maximum atomic E-state index is 13.9. The number of rotatable bonds is 10. The monoisotopic (exact) mass is 434 g/mol. The van der Waals surface area contributed by atoms with E-state index >= 15 is 0 Å². The fraction of sp³-hybridized carbons (Fsp3) is 0.381. The van der Waals surface area contributed by atoms with Crippen LogP contribution >= 0.6 is 0 Å². The van der Waals surface area contributed by atoms with Gasteiger partial charge in [0.15, 0.2) is 17.3 Å². The third kappa shape index (κ3) is 5.82. The Balaban J connectivity index is 2.43. The van der Waals surface area contributed by atoms with Gasteiger partial charge in [-0.15, -0.1) is 0 Å². The summed E-state index contributed by atoms with van der Waals surface area (Å²) in [5, 5.41) is 0. The highest BCUT2D eigenvalue weighted by Crippen LogP contribution is 2.20. The Kier molecular flexibility index (Phi) is 8.56. The van der Waals surface area contributed by atoms with Gasteiger partial charge in [0.1, 0.15) is 5.82 Å². The number of H-pyrrole nitrogens is 1. The van der Waals surface area contributed by atoms with Crippen molar-refractivity contribution in [3.63, 3.8) is 0 Å². The van der Waals surface area contributed by atoms with E-state index in [-0.39, 0.29) is 30.4 Å². The second-order valence-corrected chi connectivity index (χ2v) is 6.71. The Morgan fingerprint density at radius 1 is 1.32 bits per heavy atom. The summed E-state index contributed by atoms with van der Waals surface area (Å²) in [5.41, 5.74) is 4.99. The summed E-state index contributed by atoms with van der Waals surface area (Å²) < 4.78 is 25.0. The molecular formula is C21H27FN4O5. The number of hydrogen-bond donors (Lipinski definition) is 2. The van der Waals surface area contributed by atoms with E-state index < -0.39 is 23.0 Å². The third-order valence-corrected chi connectivity index (χ3v) is 4.60. The molecule has 168 valence electrons. The van der Waals surface area contributed by atoms with Gasteiger partial charge in [0.25, 0.3) is 11.5 Å². The number of nitrogens with zero attached hydrogens (tertiary/aromatic N) is 2. The number of nitrogens with two attached hydrogens (primary N) is 1. The van der Waals surface area contributed by atoms with Gasteiger partial charge >= 0.3 is 5.69 Å². The van der Waals surface area contributed by atoms with Gasteiger partial charge in [-0.1, -0.05) is 19.4 Å². The first-order valence-corrected chi connectivity index (χ1v) is 9.78. The zero-order valence-electron chi connectivity index (χ0n) is 17.8. The van der Waals surface area contributed by atoms with Gasteiger partial charge in [-0.3, -0.25) is 24.0 Å². The zero-order valence-corrected chi connectivity index (χ0v) is 17.8. The standard InChI is InChI=1S/C21H27FN4O5/c1-4-5-10-26-19(23)18(20(28)24-21(26)29)25(11-12-30-2)17(27)9-7-14-6-8-16(31-3)15(22)13-14/h6-9,13H,4-5,10-12,23H2,1-3H3,(H,24,28,29)/b9-7+. The molecule has 2 aromatic rings. The van der Waals surface area contributed by atoms with E-state index in [1.165, 1.54) is 43.1 Å². The van der Waals surface area contributed by atoms with Crippen LogP contribution in [0.1, 0.15) is 25.3 Å². The van der Waals surface area contributed by atoms with E-state index in [9.17, 15) is 18.8 Å². The van der Waals surface area contributed by atoms with Crippen LogP contribution in [0.15, 0.2) is 33.9 Å². The first-order valence-electron chi connectivity index (χ1n) is 9.78. The molecule has 0 atom stereocenters. The lowest BCUT2D eigenvalue weighted by Crippen LogP contribution is -2.42. The lowest BCUT2D eigenvalue weighted by molar-refractivity contribution is -0.114. The van der Waals surface area contributed by atoms with E-state index in [0.29, 0.717) is 18.5 Å².